The first-order valence-electron chi connectivity index (χ1n) is 8.77. The van der Waals surface area contributed by atoms with Crippen molar-refractivity contribution in [1.29, 1.82) is 0 Å². The van der Waals surface area contributed by atoms with Crippen molar-refractivity contribution in [3.63, 3.8) is 0 Å². The van der Waals surface area contributed by atoms with Crippen LogP contribution in [-0.2, 0) is 28.3 Å². The molecule has 0 bridgehead atoms. The van der Waals surface area contributed by atoms with Crippen LogP contribution in [0.15, 0.2) is 0 Å². The van der Waals surface area contributed by atoms with Gasteiger partial charge in [0.2, 0.25) is 0 Å². The molecule has 0 aromatic rings. The monoisotopic (exact) mass is 406 g/mol. The predicted molar refractivity (Wildman–Crippen MR) is 86.0 cm³/mol. The van der Waals surface area contributed by atoms with Crippen LogP contribution in [0.1, 0.15) is 25.7 Å². The maximum Gasteiger partial charge on any atom is 0.716 e. The van der Waals surface area contributed by atoms with Gasteiger partial charge in [0, 0.05) is 25.7 Å². The van der Waals surface area contributed by atoms with Crippen LogP contribution in [0.25, 0.3) is 0 Å². The number of methoxy groups -OCH3 is 1. The molecule has 1 saturated heterocycles. The van der Waals surface area contributed by atoms with Crippen molar-refractivity contribution in [3.05, 3.63) is 0 Å². The number of aliphatic hydroxyl groups is 6. The fourth-order valence-corrected chi connectivity index (χ4v) is 3.96. The van der Waals surface area contributed by atoms with Gasteiger partial charge in [-0.1, -0.05) is 0 Å². The van der Waals surface area contributed by atoms with Crippen molar-refractivity contribution in [2.75, 3.05) is 7.11 Å². The summed E-state index contributed by atoms with van der Waals surface area (Å²) >= 11 is 0. The van der Waals surface area contributed by atoms with E-state index < -0.39 is 79.9 Å². The number of hydrogen-bond acceptors (Lipinski definition) is 12. The molecule has 4 atom stereocenters. The van der Waals surface area contributed by atoms with Crippen LogP contribution in [0.4, 0.5) is 0 Å². The maximum absolute atomic E-state index is 12.3. The van der Waals surface area contributed by atoms with Crippen LogP contribution in [0.3, 0.4) is 0 Å². The Labute approximate surface area is 159 Å². The molecule has 3 rings (SSSR count). The van der Waals surface area contributed by atoms with E-state index in [4.69, 9.17) is 14.0 Å². The molecule has 0 radical (unpaired) electrons. The second-order valence-corrected chi connectivity index (χ2v) is 7.48. The van der Waals surface area contributed by atoms with E-state index in [0.717, 1.165) is 7.11 Å². The van der Waals surface area contributed by atoms with Gasteiger partial charge in [0.15, 0.2) is 11.2 Å². The van der Waals surface area contributed by atoms with Gasteiger partial charge in [0.05, 0.1) is 31.5 Å². The van der Waals surface area contributed by atoms with E-state index >= 15 is 0 Å². The van der Waals surface area contributed by atoms with Gasteiger partial charge >= 0.3 is 19.3 Å². The number of carbonyl (C=O) groups excluding carboxylic acids is 2. The Balaban J connectivity index is 1.80. The summed E-state index contributed by atoms with van der Waals surface area (Å²) in [4.78, 5) is 24.7. The molecule has 3 fully saturated rings. The van der Waals surface area contributed by atoms with Crippen LogP contribution in [0.5, 0.6) is 0 Å². The lowest BCUT2D eigenvalue weighted by Crippen LogP contribution is -2.60. The molecule has 1 spiro atoms. The number of rotatable bonds is 3. The van der Waals surface area contributed by atoms with Gasteiger partial charge in [0.25, 0.3) is 0 Å². The highest BCUT2D eigenvalue weighted by atomic mass is 16.8. The Morgan fingerprint density at radius 2 is 1.43 bits per heavy atom. The summed E-state index contributed by atoms with van der Waals surface area (Å²) in [7, 11) is -0.717. The SMILES string of the molecule is COC(=O)C1(OB2OC(=O)C3(C[C@@H](O)C(O)[C@H](O)C3)O2)C[C@@H](O)C(O)[C@H](O)C1. The minimum absolute atomic E-state index is 0.376. The average molecular weight is 406 g/mol. The summed E-state index contributed by atoms with van der Waals surface area (Å²) < 4.78 is 20.6. The van der Waals surface area contributed by atoms with Gasteiger partial charge in [-0.3, -0.25) is 4.79 Å². The molecule has 0 aromatic carbocycles. The smallest absolute Gasteiger partial charge is 0.483 e. The summed E-state index contributed by atoms with van der Waals surface area (Å²) in [6, 6.07) is 0. The van der Waals surface area contributed by atoms with Gasteiger partial charge in [-0.05, 0) is 0 Å². The first kappa shape index (κ1) is 21.4. The Morgan fingerprint density at radius 1 is 0.964 bits per heavy atom. The molecule has 6 N–H and O–H groups in total. The standard InChI is InChI=1S/C15H23BO12/c1-25-12(23)14(2-6(17)10(21)7(18)3-14)27-16-26-13(24)15(28-16)4-8(19)11(22)9(20)5-15/h6-11,17-22H,2-5H2,1H3/t6-,7-,8-,9-,10?,11?,14?,15?/m1/s1. The van der Waals surface area contributed by atoms with Crippen LogP contribution < -0.4 is 0 Å². The highest BCUT2D eigenvalue weighted by Crippen LogP contribution is 2.41. The molecule has 1 aliphatic heterocycles. The first-order valence-corrected chi connectivity index (χ1v) is 8.77. The molecule has 2 aliphatic carbocycles. The summed E-state index contributed by atoms with van der Waals surface area (Å²) in [6.45, 7) is 0. The zero-order valence-corrected chi connectivity index (χ0v) is 15.0. The second kappa shape index (κ2) is 7.50. The highest BCUT2D eigenvalue weighted by molar-refractivity contribution is 6.43. The molecule has 158 valence electrons. The van der Waals surface area contributed by atoms with E-state index in [0.29, 0.717) is 0 Å². The van der Waals surface area contributed by atoms with E-state index in [1.807, 2.05) is 0 Å². The molecule has 3 aliphatic rings. The van der Waals surface area contributed by atoms with E-state index in [1.54, 1.807) is 0 Å². The number of ether oxygens (including phenoxy) is 1. The number of esters is 1. The third-order valence-corrected chi connectivity index (χ3v) is 5.51. The zero-order chi connectivity index (χ0) is 20.9. The Morgan fingerprint density at radius 3 is 1.89 bits per heavy atom. The predicted octanol–water partition coefficient (Wildman–Crippen LogP) is -4.04. The van der Waals surface area contributed by atoms with Crippen LogP contribution in [0, 0.1) is 0 Å². The van der Waals surface area contributed by atoms with Gasteiger partial charge < -0.3 is 49.3 Å². The topological polar surface area (TPSA) is 192 Å². The lowest BCUT2D eigenvalue weighted by Gasteiger charge is -2.42. The quantitative estimate of drug-likeness (QED) is 0.197. The van der Waals surface area contributed by atoms with Crippen LogP contribution >= 0.6 is 0 Å². The Kier molecular flexibility index (Phi) is 5.73. The summed E-state index contributed by atoms with van der Waals surface area (Å²) in [5.41, 5.74) is -3.78. The minimum Gasteiger partial charge on any atom is -0.483 e. The normalized spacial score (nSPS) is 46.5. The number of carbonyl (C=O) groups is 2. The van der Waals surface area contributed by atoms with Crippen molar-refractivity contribution in [2.45, 2.75) is 73.5 Å². The van der Waals surface area contributed by atoms with Gasteiger partial charge in [-0.15, -0.1) is 0 Å². The maximum atomic E-state index is 12.3. The molecular weight excluding hydrogens is 383 g/mol. The van der Waals surface area contributed by atoms with E-state index in [2.05, 4.69) is 4.74 Å². The Bertz CT molecular complexity index is 604. The third kappa shape index (κ3) is 3.52. The van der Waals surface area contributed by atoms with Crippen LogP contribution in [0.2, 0.25) is 0 Å². The fraction of sp³-hybridized carbons (Fsp3) is 0.867. The molecule has 1 heterocycles. The molecule has 28 heavy (non-hydrogen) atoms. The molecule has 2 saturated carbocycles. The average Bonchev–Trinajstić information content (AvgIpc) is 2.90. The van der Waals surface area contributed by atoms with E-state index in [9.17, 15) is 40.2 Å². The van der Waals surface area contributed by atoms with E-state index in [-0.39, 0.29) is 12.8 Å². The van der Waals surface area contributed by atoms with Crippen molar-refractivity contribution < 1.29 is 58.9 Å². The molecule has 0 unspecified atom stereocenters. The van der Waals surface area contributed by atoms with Gasteiger partial charge in [0.1, 0.15) is 12.2 Å². The number of aliphatic hydroxyl groups excluding tert-OH is 6. The van der Waals surface area contributed by atoms with Crippen molar-refractivity contribution >= 4 is 19.3 Å². The highest BCUT2D eigenvalue weighted by Gasteiger charge is 2.63. The largest absolute Gasteiger partial charge is 0.716 e. The summed E-state index contributed by atoms with van der Waals surface area (Å²) in [5.74, 6) is -1.96. The summed E-state index contributed by atoms with van der Waals surface area (Å²) in [5, 5.41) is 59.0. The molecule has 12 nitrogen and oxygen atoms in total. The third-order valence-electron chi connectivity index (χ3n) is 5.51. The Hall–Kier alpha value is -1.32. The second-order valence-electron chi connectivity index (χ2n) is 7.48. The lowest BCUT2D eigenvalue weighted by molar-refractivity contribution is -0.190. The lowest BCUT2D eigenvalue weighted by atomic mass is 9.78. The minimum atomic E-state index is -1.98. The molecular formula is C15H23BO12. The van der Waals surface area contributed by atoms with Gasteiger partial charge in [-0.25, -0.2) is 4.79 Å². The fourth-order valence-electron chi connectivity index (χ4n) is 3.96. The van der Waals surface area contributed by atoms with Crippen molar-refractivity contribution in [1.82, 2.24) is 0 Å². The van der Waals surface area contributed by atoms with Crippen LogP contribution in [-0.4, -0.2) is 105 Å². The zero-order valence-electron chi connectivity index (χ0n) is 15.0. The summed E-state index contributed by atoms with van der Waals surface area (Å²) in [6.07, 6.45) is -10.6. The van der Waals surface area contributed by atoms with Crippen molar-refractivity contribution in [3.8, 4) is 0 Å². The first-order chi connectivity index (χ1) is 13.0. The molecule has 0 amide bonds. The van der Waals surface area contributed by atoms with E-state index in [1.165, 1.54) is 0 Å². The number of hydrogen-bond donors (Lipinski definition) is 6. The van der Waals surface area contributed by atoms with Crippen molar-refractivity contribution in [2.24, 2.45) is 0 Å². The van der Waals surface area contributed by atoms with Gasteiger partial charge in [-0.2, -0.15) is 0 Å². The molecule has 0 aromatic heterocycles. The molecule has 13 heteroatoms.